The standard InChI is InChI=1S/C18H25N5/c1-2-10-22(11-3-1)17-7-4-15(5-8-17)12-19-16-6-9-18-20-14-21-23(18)13-16/h4-5,7-8,14,16,19H,1-3,6,9-13H2/t16-/m0/s1. The zero-order valence-electron chi connectivity index (χ0n) is 13.6. The largest absolute Gasteiger partial charge is 0.372 e. The van der Waals surface area contributed by atoms with Crippen LogP contribution in [0.3, 0.4) is 0 Å². The van der Waals surface area contributed by atoms with E-state index in [4.69, 9.17) is 0 Å². The lowest BCUT2D eigenvalue weighted by atomic mass is 10.1. The maximum Gasteiger partial charge on any atom is 0.138 e. The van der Waals surface area contributed by atoms with Gasteiger partial charge in [0, 0.05) is 37.8 Å². The van der Waals surface area contributed by atoms with Crippen molar-refractivity contribution in [2.75, 3.05) is 18.0 Å². The van der Waals surface area contributed by atoms with Crippen LogP contribution in [0.25, 0.3) is 0 Å². The summed E-state index contributed by atoms with van der Waals surface area (Å²) in [4.78, 5) is 6.79. The Balaban J connectivity index is 1.31. The fourth-order valence-corrected chi connectivity index (χ4v) is 3.64. The summed E-state index contributed by atoms with van der Waals surface area (Å²) >= 11 is 0. The highest BCUT2D eigenvalue weighted by molar-refractivity contribution is 5.47. The van der Waals surface area contributed by atoms with Crippen LogP contribution in [0.2, 0.25) is 0 Å². The molecule has 1 aromatic heterocycles. The minimum Gasteiger partial charge on any atom is -0.372 e. The first kappa shape index (κ1) is 14.7. The number of rotatable bonds is 4. The van der Waals surface area contributed by atoms with Crippen molar-refractivity contribution >= 4 is 5.69 Å². The highest BCUT2D eigenvalue weighted by Crippen LogP contribution is 2.20. The van der Waals surface area contributed by atoms with Crippen LogP contribution in [0.1, 0.15) is 37.1 Å². The number of hydrogen-bond donors (Lipinski definition) is 1. The van der Waals surface area contributed by atoms with Crippen molar-refractivity contribution < 1.29 is 0 Å². The maximum atomic E-state index is 4.29. The molecule has 0 unspecified atom stereocenters. The van der Waals surface area contributed by atoms with Crippen LogP contribution < -0.4 is 10.2 Å². The van der Waals surface area contributed by atoms with Gasteiger partial charge in [-0.15, -0.1) is 0 Å². The van der Waals surface area contributed by atoms with Gasteiger partial charge < -0.3 is 10.2 Å². The number of nitrogens with one attached hydrogen (secondary N) is 1. The number of aromatic nitrogens is 3. The van der Waals surface area contributed by atoms with Crippen molar-refractivity contribution in [2.45, 2.75) is 51.2 Å². The molecule has 122 valence electrons. The first-order chi connectivity index (χ1) is 11.4. The molecule has 23 heavy (non-hydrogen) atoms. The van der Waals surface area contributed by atoms with Gasteiger partial charge >= 0.3 is 0 Å². The normalized spacial score (nSPS) is 21.2. The van der Waals surface area contributed by atoms with Crippen LogP contribution in [0.5, 0.6) is 0 Å². The molecular weight excluding hydrogens is 286 g/mol. The van der Waals surface area contributed by atoms with E-state index in [2.05, 4.69) is 44.6 Å². The van der Waals surface area contributed by atoms with Gasteiger partial charge in [-0.25, -0.2) is 9.67 Å². The zero-order chi connectivity index (χ0) is 15.5. The Labute approximate surface area is 137 Å². The molecule has 2 aromatic rings. The molecule has 1 fully saturated rings. The smallest absolute Gasteiger partial charge is 0.138 e. The van der Waals surface area contributed by atoms with E-state index in [9.17, 15) is 0 Å². The molecule has 2 aliphatic heterocycles. The van der Waals surface area contributed by atoms with Crippen LogP contribution in [0.4, 0.5) is 5.69 Å². The monoisotopic (exact) mass is 311 g/mol. The number of benzene rings is 1. The molecule has 0 amide bonds. The summed E-state index contributed by atoms with van der Waals surface area (Å²) in [6, 6.07) is 9.57. The van der Waals surface area contributed by atoms with Gasteiger partial charge in [0.15, 0.2) is 0 Å². The summed E-state index contributed by atoms with van der Waals surface area (Å²) < 4.78 is 2.03. The molecule has 5 heteroatoms. The van der Waals surface area contributed by atoms with E-state index >= 15 is 0 Å². The van der Waals surface area contributed by atoms with Crippen LogP contribution in [-0.2, 0) is 19.5 Å². The molecule has 5 nitrogen and oxygen atoms in total. The van der Waals surface area contributed by atoms with Crippen molar-refractivity contribution in [3.8, 4) is 0 Å². The van der Waals surface area contributed by atoms with Gasteiger partial charge in [0.25, 0.3) is 0 Å². The first-order valence-corrected chi connectivity index (χ1v) is 8.82. The average molecular weight is 311 g/mol. The molecule has 3 heterocycles. The fourth-order valence-electron chi connectivity index (χ4n) is 3.64. The van der Waals surface area contributed by atoms with E-state index in [1.54, 1.807) is 6.33 Å². The third kappa shape index (κ3) is 3.39. The lowest BCUT2D eigenvalue weighted by Gasteiger charge is -2.29. The molecule has 0 saturated carbocycles. The van der Waals surface area contributed by atoms with Crippen molar-refractivity contribution in [1.82, 2.24) is 20.1 Å². The number of hydrogen-bond acceptors (Lipinski definition) is 4. The molecule has 1 atom stereocenters. The van der Waals surface area contributed by atoms with Gasteiger partial charge in [0.05, 0.1) is 6.54 Å². The molecule has 2 aliphatic rings. The number of fused-ring (bicyclic) bond motifs is 1. The first-order valence-electron chi connectivity index (χ1n) is 8.82. The minimum atomic E-state index is 0.492. The van der Waals surface area contributed by atoms with Crippen molar-refractivity contribution in [2.24, 2.45) is 0 Å². The molecule has 0 aliphatic carbocycles. The van der Waals surface area contributed by atoms with Gasteiger partial charge in [-0.3, -0.25) is 0 Å². The Morgan fingerprint density at radius 3 is 2.74 bits per heavy atom. The topological polar surface area (TPSA) is 46.0 Å². The summed E-state index contributed by atoms with van der Waals surface area (Å²) in [5.74, 6) is 1.12. The quantitative estimate of drug-likeness (QED) is 0.941. The van der Waals surface area contributed by atoms with Crippen LogP contribution in [-0.4, -0.2) is 33.9 Å². The second-order valence-corrected chi connectivity index (χ2v) is 6.69. The number of aryl methyl sites for hydroxylation is 1. The van der Waals surface area contributed by atoms with Gasteiger partial charge in [0.2, 0.25) is 0 Å². The second kappa shape index (κ2) is 6.71. The summed E-state index contributed by atoms with van der Waals surface area (Å²) in [6.07, 6.45) is 7.87. The Morgan fingerprint density at radius 1 is 1.09 bits per heavy atom. The van der Waals surface area contributed by atoms with E-state index in [0.29, 0.717) is 6.04 Å². The summed E-state index contributed by atoms with van der Waals surface area (Å²) in [7, 11) is 0. The SMILES string of the molecule is c1nc2n(n1)C[C@@H](NCc1ccc(N3CCCCC3)cc1)CC2. The van der Waals surface area contributed by atoms with Crippen molar-refractivity contribution in [3.05, 3.63) is 42.0 Å². The lowest BCUT2D eigenvalue weighted by molar-refractivity contribution is 0.358. The average Bonchev–Trinajstić information content (AvgIpc) is 3.09. The second-order valence-electron chi connectivity index (χ2n) is 6.69. The lowest BCUT2D eigenvalue weighted by Crippen LogP contribution is -2.37. The molecule has 0 radical (unpaired) electrons. The maximum absolute atomic E-state index is 4.29. The molecular formula is C18H25N5. The van der Waals surface area contributed by atoms with Crippen LogP contribution >= 0.6 is 0 Å². The van der Waals surface area contributed by atoms with Crippen molar-refractivity contribution in [3.63, 3.8) is 0 Å². The molecule has 1 N–H and O–H groups in total. The Hall–Kier alpha value is -1.88. The number of anilines is 1. The fraction of sp³-hybridized carbons (Fsp3) is 0.556. The zero-order valence-corrected chi connectivity index (χ0v) is 13.6. The molecule has 0 bridgehead atoms. The predicted octanol–water partition coefficient (Wildman–Crippen LogP) is 2.37. The summed E-state index contributed by atoms with van der Waals surface area (Å²) in [5, 5.41) is 7.95. The minimum absolute atomic E-state index is 0.492. The highest BCUT2D eigenvalue weighted by Gasteiger charge is 2.19. The van der Waals surface area contributed by atoms with Crippen molar-refractivity contribution in [1.29, 1.82) is 0 Å². The Bertz CT molecular complexity index is 627. The molecule has 1 aromatic carbocycles. The molecule has 4 rings (SSSR count). The van der Waals surface area contributed by atoms with E-state index in [1.165, 1.54) is 43.6 Å². The highest BCUT2D eigenvalue weighted by atomic mass is 15.3. The van der Waals surface area contributed by atoms with Crippen LogP contribution in [0.15, 0.2) is 30.6 Å². The van der Waals surface area contributed by atoms with Gasteiger partial charge in [-0.1, -0.05) is 12.1 Å². The van der Waals surface area contributed by atoms with Gasteiger partial charge in [0.1, 0.15) is 12.2 Å². The van der Waals surface area contributed by atoms with E-state index < -0.39 is 0 Å². The Morgan fingerprint density at radius 2 is 1.91 bits per heavy atom. The predicted molar refractivity (Wildman–Crippen MR) is 91.5 cm³/mol. The van der Waals surface area contributed by atoms with E-state index in [-0.39, 0.29) is 0 Å². The molecule has 1 saturated heterocycles. The third-order valence-corrected chi connectivity index (χ3v) is 5.06. The van der Waals surface area contributed by atoms with E-state index in [0.717, 1.165) is 31.8 Å². The Kier molecular flexibility index (Phi) is 4.28. The number of nitrogens with zero attached hydrogens (tertiary/aromatic N) is 4. The molecule has 0 spiro atoms. The number of piperidine rings is 1. The van der Waals surface area contributed by atoms with Gasteiger partial charge in [-0.05, 0) is 43.4 Å². The summed E-state index contributed by atoms with van der Waals surface area (Å²) in [6.45, 7) is 4.27. The third-order valence-electron chi connectivity index (χ3n) is 5.06. The van der Waals surface area contributed by atoms with E-state index in [1.807, 2.05) is 4.68 Å². The van der Waals surface area contributed by atoms with Gasteiger partial charge in [-0.2, -0.15) is 5.10 Å². The van der Waals surface area contributed by atoms with Crippen LogP contribution in [0, 0.1) is 0 Å². The summed E-state index contributed by atoms with van der Waals surface area (Å²) in [5.41, 5.74) is 2.73.